The highest BCUT2D eigenvalue weighted by molar-refractivity contribution is 7.59. The van der Waals surface area contributed by atoms with Gasteiger partial charge in [-0.15, -0.1) is 11.3 Å². The lowest BCUT2D eigenvalue weighted by Crippen LogP contribution is -2.07. The molecule has 2 aromatic rings. The Kier molecular flexibility index (Phi) is 8.22. The summed E-state index contributed by atoms with van der Waals surface area (Å²) < 4.78 is 23.3. The molecular formula is C21H25N2O3PS. The smallest absolute Gasteiger partial charge is 0.371 e. The first-order valence-corrected chi connectivity index (χ1v) is 11.3. The van der Waals surface area contributed by atoms with Crippen molar-refractivity contribution in [2.24, 2.45) is 0 Å². The van der Waals surface area contributed by atoms with Crippen molar-refractivity contribution in [1.29, 1.82) is 5.26 Å². The lowest BCUT2D eigenvalue weighted by molar-refractivity contribution is 0.227. The summed E-state index contributed by atoms with van der Waals surface area (Å²) in [5.41, 5.74) is 2.25. The highest BCUT2D eigenvalue weighted by Gasteiger charge is 2.30. The van der Waals surface area contributed by atoms with E-state index in [9.17, 15) is 9.83 Å². The number of benzene rings is 1. The molecule has 0 radical (unpaired) electrons. The topological polar surface area (TPSA) is 62.6 Å². The Labute approximate surface area is 171 Å². The van der Waals surface area contributed by atoms with Crippen LogP contribution in [0.1, 0.15) is 29.2 Å². The average molecular weight is 416 g/mol. The van der Waals surface area contributed by atoms with Crippen molar-refractivity contribution in [3.8, 4) is 6.07 Å². The van der Waals surface area contributed by atoms with Crippen LogP contribution in [-0.2, 0) is 13.6 Å². The number of rotatable bonds is 9. The molecule has 0 bridgehead atoms. The predicted molar refractivity (Wildman–Crippen MR) is 118 cm³/mol. The monoisotopic (exact) mass is 416 g/mol. The third kappa shape index (κ3) is 5.92. The number of hydrogen-bond acceptors (Lipinski definition) is 6. The van der Waals surface area contributed by atoms with E-state index in [1.165, 1.54) is 11.3 Å². The SMILES string of the molecule is CCOP(=O)(OCC)/C(C#N)=C/c1ccc(/C=C/c2ccc(N(C)C)cc2)s1. The normalized spacial score (nSPS) is 12.3. The fraction of sp³-hybridized carbons (Fsp3) is 0.286. The van der Waals surface area contributed by atoms with Gasteiger partial charge in [0.2, 0.25) is 0 Å². The molecule has 1 heterocycles. The van der Waals surface area contributed by atoms with Crippen LogP contribution in [0.4, 0.5) is 5.69 Å². The minimum atomic E-state index is -3.58. The largest absolute Gasteiger partial charge is 0.378 e. The fourth-order valence-corrected chi connectivity index (χ4v) is 4.82. The van der Waals surface area contributed by atoms with E-state index in [2.05, 4.69) is 29.2 Å². The third-order valence-corrected chi connectivity index (χ3v) is 6.80. The Morgan fingerprint density at radius 2 is 1.68 bits per heavy atom. The van der Waals surface area contributed by atoms with Gasteiger partial charge in [-0.2, -0.15) is 5.26 Å². The summed E-state index contributed by atoms with van der Waals surface area (Å²) in [7, 11) is 0.445. The zero-order chi connectivity index (χ0) is 20.6. The van der Waals surface area contributed by atoms with E-state index in [4.69, 9.17) is 9.05 Å². The van der Waals surface area contributed by atoms with Crippen LogP contribution < -0.4 is 4.90 Å². The molecule has 28 heavy (non-hydrogen) atoms. The number of nitrogens with zero attached hydrogens (tertiary/aromatic N) is 2. The predicted octanol–water partition coefficient (Wildman–Crippen LogP) is 6.12. The third-order valence-electron chi connectivity index (χ3n) is 3.78. The van der Waals surface area contributed by atoms with Gasteiger partial charge in [0.15, 0.2) is 0 Å². The van der Waals surface area contributed by atoms with Crippen LogP contribution in [0.3, 0.4) is 0 Å². The lowest BCUT2D eigenvalue weighted by Gasteiger charge is -2.15. The number of nitriles is 1. The Hall–Kier alpha value is -2.16. The van der Waals surface area contributed by atoms with Gasteiger partial charge < -0.3 is 13.9 Å². The molecular weight excluding hydrogens is 391 g/mol. The molecule has 0 saturated heterocycles. The molecule has 0 fully saturated rings. The molecule has 0 aliphatic heterocycles. The number of hydrogen-bond donors (Lipinski definition) is 0. The van der Waals surface area contributed by atoms with Gasteiger partial charge in [0.25, 0.3) is 0 Å². The van der Waals surface area contributed by atoms with E-state index < -0.39 is 7.60 Å². The number of thiophene rings is 1. The second-order valence-corrected chi connectivity index (χ2v) is 9.17. The molecule has 0 unspecified atom stereocenters. The first-order chi connectivity index (χ1) is 13.4. The van der Waals surface area contributed by atoms with Crippen LogP contribution in [0.25, 0.3) is 18.2 Å². The van der Waals surface area contributed by atoms with Crippen LogP contribution >= 0.6 is 18.9 Å². The van der Waals surface area contributed by atoms with E-state index in [-0.39, 0.29) is 18.5 Å². The molecule has 0 aliphatic rings. The lowest BCUT2D eigenvalue weighted by atomic mass is 10.2. The maximum absolute atomic E-state index is 12.8. The standard InChI is InChI=1S/C21H25N2O3PS/c1-5-25-27(24,26-6-2)19(16-22)15-21-14-13-20(28-21)12-9-17-7-10-18(11-8-17)23(3)4/h7-15H,5-6H2,1-4H3/b12-9+,19-15+. The summed E-state index contributed by atoms with van der Waals surface area (Å²) in [6, 6.07) is 14.1. The van der Waals surface area contributed by atoms with Crippen LogP contribution in [0.5, 0.6) is 0 Å². The van der Waals surface area contributed by atoms with Crippen LogP contribution in [-0.4, -0.2) is 27.3 Å². The molecule has 0 N–H and O–H groups in total. The van der Waals surface area contributed by atoms with E-state index >= 15 is 0 Å². The molecule has 2 rings (SSSR count). The van der Waals surface area contributed by atoms with Crippen molar-refractivity contribution in [1.82, 2.24) is 0 Å². The Bertz CT molecular complexity index is 914. The maximum Gasteiger partial charge on any atom is 0.371 e. The highest BCUT2D eigenvalue weighted by atomic mass is 32.1. The second kappa shape index (κ2) is 10.4. The molecule has 7 heteroatoms. The Balaban J connectivity index is 2.19. The molecule has 5 nitrogen and oxygen atoms in total. The van der Waals surface area contributed by atoms with Crippen LogP contribution in [0.15, 0.2) is 41.7 Å². The van der Waals surface area contributed by atoms with Gasteiger partial charge in [-0.05, 0) is 55.8 Å². The summed E-state index contributed by atoms with van der Waals surface area (Å²) in [5, 5.41) is 9.45. The quantitative estimate of drug-likeness (QED) is 0.364. The van der Waals surface area contributed by atoms with Crippen LogP contribution in [0.2, 0.25) is 0 Å². The van der Waals surface area contributed by atoms with Crippen molar-refractivity contribution >= 4 is 42.8 Å². The van der Waals surface area contributed by atoms with E-state index in [0.717, 1.165) is 21.0 Å². The van der Waals surface area contributed by atoms with Crippen molar-refractivity contribution in [3.63, 3.8) is 0 Å². The van der Waals surface area contributed by atoms with Crippen molar-refractivity contribution in [2.45, 2.75) is 13.8 Å². The minimum Gasteiger partial charge on any atom is -0.378 e. The van der Waals surface area contributed by atoms with Crippen molar-refractivity contribution < 1.29 is 13.6 Å². The summed E-state index contributed by atoms with van der Waals surface area (Å²) in [6.45, 7) is 3.86. The highest BCUT2D eigenvalue weighted by Crippen LogP contribution is 2.56. The molecule has 0 atom stereocenters. The van der Waals surface area contributed by atoms with Crippen molar-refractivity contribution in [2.75, 3.05) is 32.2 Å². The van der Waals surface area contributed by atoms with Gasteiger partial charge in [-0.3, -0.25) is 4.57 Å². The van der Waals surface area contributed by atoms with Gasteiger partial charge in [0, 0.05) is 29.5 Å². The summed E-state index contributed by atoms with van der Waals surface area (Å²) in [4.78, 5) is 3.91. The zero-order valence-electron chi connectivity index (χ0n) is 16.6. The molecule has 0 saturated carbocycles. The second-order valence-electron chi connectivity index (χ2n) is 6.03. The fourth-order valence-electron chi connectivity index (χ4n) is 2.42. The summed E-state index contributed by atoms with van der Waals surface area (Å²) in [5.74, 6) is 0. The Morgan fingerprint density at radius 3 is 2.21 bits per heavy atom. The zero-order valence-corrected chi connectivity index (χ0v) is 18.3. The maximum atomic E-state index is 12.8. The van der Waals surface area contributed by atoms with Gasteiger partial charge in [-0.1, -0.05) is 18.2 Å². The van der Waals surface area contributed by atoms with E-state index in [0.29, 0.717) is 0 Å². The van der Waals surface area contributed by atoms with Gasteiger partial charge >= 0.3 is 7.60 Å². The first kappa shape index (κ1) is 22.1. The molecule has 1 aromatic carbocycles. The number of anilines is 1. The molecule has 148 valence electrons. The van der Waals surface area contributed by atoms with Gasteiger partial charge in [0.1, 0.15) is 11.4 Å². The number of allylic oxidation sites excluding steroid dienone is 1. The van der Waals surface area contributed by atoms with Crippen molar-refractivity contribution in [3.05, 3.63) is 57.0 Å². The molecule has 0 amide bonds. The van der Waals surface area contributed by atoms with E-state index in [1.54, 1.807) is 19.9 Å². The average Bonchev–Trinajstić information content (AvgIpc) is 3.12. The molecule has 0 aliphatic carbocycles. The summed E-state index contributed by atoms with van der Waals surface area (Å²) >= 11 is 1.50. The Morgan fingerprint density at radius 1 is 1.07 bits per heavy atom. The van der Waals surface area contributed by atoms with Gasteiger partial charge in [-0.25, -0.2) is 0 Å². The van der Waals surface area contributed by atoms with Gasteiger partial charge in [0.05, 0.1) is 13.2 Å². The minimum absolute atomic E-state index is 0.0212. The first-order valence-electron chi connectivity index (χ1n) is 8.98. The van der Waals surface area contributed by atoms with Crippen LogP contribution in [0, 0.1) is 11.3 Å². The summed E-state index contributed by atoms with van der Waals surface area (Å²) in [6.07, 6.45) is 5.64. The molecule has 1 aromatic heterocycles. The van der Waals surface area contributed by atoms with E-state index in [1.807, 2.05) is 44.4 Å². The molecule has 0 spiro atoms.